The molecule has 2 fully saturated rings. The number of benzene rings is 1. The molecule has 7 nitrogen and oxygen atoms in total. The van der Waals surface area contributed by atoms with E-state index in [1.54, 1.807) is 6.33 Å². The number of aryl methyl sites for hydroxylation is 1. The molecule has 1 amide bonds. The molecule has 1 atom stereocenters. The number of hydrogen-bond donors (Lipinski definition) is 2. The van der Waals surface area contributed by atoms with Crippen molar-refractivity contribution in [3.8, 4) is 0 Å². The summed E-state index contributed by atoms with van der Waals surface area (Å²) < 4.78 is 5.58. The van der Waals surface area contributed by atoms with Gasteiger partial charge in [0.05, 0.1) is 6.10 Å². The van der Waals surface area contributed by atoms with Gasteiger partial charge in [-0.1, -0.05) is 17.7 Å². The first kappa shape index (κ1) is 19.6. The molecule has 3 heterocycles. The molecule has 0 aliphatic carbocycles. The Bertz CT molecular complexity index is 812. The lowest BCUT2D eigenvalue weighted by molar-refractivity contribution is -0.126. The number of rotatable bonds is 6. The van der Waals surface area contributed by atoms with Gasteiger partial charge in [-0.3, -0.25) is 4.79 Å². The van der Waals surface area contributed by atoms with Crippen molar-refractivity contribution in [3.63, 3.8) is 0 Å². The molecule has 2 saturated heterocycles. The average Bonchev–Trinajstić information content (AvgIpc) is 3.28. The molecule has 0 saturated carbocycles. The van der Waals surface area contributed by atoms with Crippen LogP contribution in [-0.2, 0) is 9.53 Å². The lowest BCUT2D eigenvalue weighted by Gasteiger charge is -2.32. The van der Waals surface area contributed by atoms with E-state index in [0.717, 1.165) is 62.7 Å². The molecule has 0 radical (unpaired) electrons. The standard InChI is InChI=1S/C22H29N5O2/c1-16-4-6-18(7-5-16)26-20-13-21(25-15-24-20)27-10-8-17(9-11-27)22(28)23-14-19-3-2-12-29-19/h4-7,13,15,17,19H,2-3,8-12,14H2,1H3,(H,23,28)(H,24,25,26)/t19-/m0/s1. The minimum atomic E-state index is 0.0691. The molecule has 0 bridgehead atoms. The van der Waals surface area contributed by atoms with Crippen molar-refractivity contribution >= 4 is 23.2 Å². The minimum Gasteiger partial charge on any atom is -0.376 e. The molecular weight excluding hydrogens is 366 g/mol. The van der Waals surface area contributed by atoms with Crippen LogP contribution < -0.4 is 15.5 Å². The smallest absolute Gasteiger partial charge is 0.223 e. The van der Waals surface area contributed by atoms with Gasteiger partial charge in [0.1, 0.15) is 18.0 Å². The average molecular weight is 396 g/mol. The number of nitrogens with zero attached hydrogens (tertiary/aromatic N) is 3. The van der Waals surface area contributed by atoms with Gasteiger partial charge in [-0.25, -0.2) is 9.97 Å². The van der Waals surface area contributed by atoms with E-state index < -0.39 is 0 Å². The molecular formula is C22H29N5O2. The van der Waals surface area contributed by atoms with E-state index in [0.29, 0.717) is 6.54 Å². The van der Waals surface area contributed by atoms with Crippen LogP contribution in [0.4, 0.5) is 17.3 Å². The lowest BCUT2D eigenvalue weighted by Crippen LogP contribution is -2.42. The molecule has 4 rings (SSSR count). The number of piperidine rings is 1. The van der Waals surface area contributed by atoms with Crippen LogP contribution in [0.3, 0.4) is 0 Å². The quantitative estimate of drug-likeness (QED) is 0.783. The second-order valence-electron chi connectivity index (χ2n) is 7.89. The first-order valence-electron chi connectivity index (χ1n) is 10.5. The van der Waals surface area contributed by atoms with E-state index in [1.807, 2.05) is 18.2 Å². The van der Waals surface area contributed by atoms with Crippen molar-refractivity contribution in [2.45, 2.75) is 38.7 Å². The Labute approximate surface area is 171 Å². The van der Waals surface area contributed by atoms with Crippen LogP contribution >= 0.6 is 0 Å². The number of ether oxygens (including phenoxy) is 1. The SMILES string of the molecule is Cc1ccc(Nc2cc(N3CCC(C(=O)NC[C@@H]4CCCO4)CC3)ncn2)cc1. The van der Waals surface area contributed by atoms with Crippen LogP contribution in [0.1, 0.15) is 31.2 Å². The monoisotopic (exact) mass is 395 g/mol. The number of carbonyl (C=O) groups excluding carboxylic acids is 1. The summed E-state index contributed by atoms with van der Waals surface area (Å²) in [6, 6.07) is 10.2. The van der Waals surface area contributed by atoms with Crippen molar-refractivity contribution < 1.29 is 9.53 Å². The molecule has 2 aliphatic heterocycles. The number of amides is 1. The third-order valence-electron chi connectivity index (χ3n) is 5.69. The zero-order valence-corrected chi connectivity index (χ0v) is 16.9. The molecule has 2 N–H and O–H groups in total. The molecule has 29 heavy (non-hydrogen) atoms. The van der Waals surface area contributed by atoms with E-state index in [-0.39, 0.29) is 17.9 Å². The third kappa shape index (κ3) is 5.23. The van der Waals surface area contributed by atoms with Gasteiger partial charge < -0.3 is 20.3 Å². The predicted octanol–water partition coefficient (Wildman–Crippen LogP) is 3.04. The maximum atomic E-state index is 12.5. The summed E-state index contributed by atoms with van der Waals surface area (Å²) in [6.45, 7) is 5.16. The summed E-state index contributed by atoms with van der Waals surface area (Å²) in [5, 5.41) is 6.40. The third-order valence-corrected chi connectivity index (χ3v) is 5.69. The molecule has 0 unspecified atom stereocenters. The highest BCUT2D eigenvalue weighted by molar-refractivity contribution is 5.79. The highest BCUT2D eigenvalue weighted by Crippen LogP contribution is 2.24. The van der Waals surface area contributed by atoms with Gasteiger partial charge in [0.25, 0.3) is 0 Å². The fraction of sp³-hybridized carbons (Fsp3) is 0.500. The molecule has 1 aromatic carbocycles. The van der Waals surface area contributed by atoms with Crippen LogP contribution in [-0.4, -0.2) is 48.2 Å². The Kier molecular flexibility index (Phi) is 6.24. The van der Waals surface area contributed by atoms with E-state index >= 15 is 0 Å². The van der Waals surface area contributed by atoms with E-state index in [2.05, 4.69) is 44.6 Å². The number of hydrogen-bond acceptors (Lipinski definition) is 6. The van der Waals surface area contributed by atoms with Gasteiger partial charge in [-0.15, -0.1) is 0 Å². The van der Waals surface area contributed by atoms with Crippen molar-refractivity contribution in [1.29, 1.82) is 0 Å². The number of aromatic nitrogens is 2. The maximum Gasteiger partial charge on any atom is 0.223 e. The predicted molar refractivity (Wildman–Crippen MR) is 113 cm³/mol. The van der Waals surface area contributed by atoms with Crippen LogP contribution in [0.25, 0.3) is 0 Å². The summed E-state index contributed by atoms with van der Waals surface area (Å²) in [7, 11) is 0. The topological polar surface area (TPSA) is 79.4 Å². The second kappa shape index (κ2) is 9.22. The Balaban J connectivity index is 1.29. The zero-order valence-electron chi connectivity index (χ0n) is 16.9. The van der Waals surface area contributed by atoms with Crippen LogP contribution in [0.15, 0.2) is 36.7 Å². The summed E-state index contributed by atoms with van der Waals surface area (Å²) in [5.74, 6) is 1.90. The molecule has 154 valence electrons. The summed E-state index contributed by atoms with van der Waals surface area (Å²) in [5.41, 5.74) is 2.23. The van der Waals surface area contributed by atoms with E-state index in [4.69, 9.17) is 4.74 Å². The first-order chi connectivity index (χ1) is 14.2. The van der Waals surface area contributed by atoms with Crippen molar-refractivity contribution in [3.05, 3.63) is 42.2 Å². The van der Waals surface area contributed by atoms with Crippen LogP contribution in [0, 0.1) is 12.8 Å². The highest BCUT2D eigenvalue weighted by Gasteiger charge is 2.26. The van der Waals surface area contributed by atoms with Gasteiger partial charge in [0.15, 0.2) is 0 Å². The fourth-order valence-corrected chi connectivity index (χ4v) is 3.91. The molecule has 1 aromatic heterocycles. The van der Waals surface area contributed by atoms with E-state index in [1.165, 1.54) is 5.56 Å². The summed E-state index contributed by atoms with van der Waals surface area (Å²) in [4.78, 5) is 23.5. The van der Waals surface area contributed by atoms with Gasteiger partial charge in [0.2, 0.25) is 5.91 Å². The number of anilines is 3. The molecule has 2 aromatic rings. The van der Waals surface area contributed by atoms with Crippen molar-refractivity contribution in [2.24, 2.45) is 5.92 Å². The van der Waals surface area contributed by atoms with Crippen molar-refractivity contribution in [2.75, 3.05) is 36.5 Å². The van der Waals surface area contributed by atoms with Crippen LogP contribution in [0.2, 0.25) is 0 Å². The Hall–Kier alpha value is -2.67. The van der Waals surface area contributed by atoms with Crippen LogP contribution in [0.5, 0.6) is 0 Å². The van der Waals surface area contributed by atoms with Gasteiger partial charge in [-0.05, 0) is 44.7 Å². The minimum absolute atomic E-state index is 0.0691. The Morgan fingerprint density at radius 3 is 2.69 bits per heavy atom. The fourth-order valence-electron chi connectivity index (χ4n) is 3.91. The van der Waals surface area contributed by atoms with Gasteiger partial charge in [-0.2, -0.15) is 0 Å². The number of nitrogens with one attached hydrogen (secondary N) is 2. The van der Waals surface area contributed by atoms with E-state index in [9.17, 15) is 4.79 Å². The zero-order chi connectivity index (χ0) is 20.1. The second-order valence-corrected chi connectivity index (χ2v) is 7.89. The largest absolute Gasteiger partial charge is 0.376 e. The summed E-state index contributed by atoms with van der Waals surface area (Å²) in [6.07, 6.45) is 5.60. The first-order valence-corrected chi connectivity index (χ1v) is 10.5. The Morgan fingerprint density at radius 1 is 1.17 bits per heavy atom. The Morgan fingerprint density at radius 2 is 1.97 bits per heavy atom. The number of carbonyl (C=O) groups is 1. The van der Waals surface area contributed by atoms with Crippen molar-refractivity contribution in [1.82, 2.24) is 15.3 Å². The van der Waals surface area contributed by atoms with Gasteiger partial charge >= 0.3 is 0 Å². The lowest BCUT2D eigenvalue weighted by atomic mass is 9.96. The van der Waals surface area contributed by atoms with Gasteiger partial charge in [0, 0.05) is 43.9 Å². The molecule has 2 aliphatic rings. The molecule has 7 heteroatoms. The molecule has 0 spiro atoms. The maximum absolute atomic E-state index is 12.5. The highest BCUT2D eigenvalue weighted by atomic mass is 16.5. The summed E-state index contributed by atoms with van der Waals surface area (Å²) >= 11 is 0. The normalized spacial score (nSPS) is 19.9.